The van der Waals surface area contributed by atoms with Crippen molar-refractivity contribution < 1.29 is 20.7 Å². The van der Waals surface area contributed by atoms with E-state index in [0.717, 1.165) is 0 Å². The van der Waals surface area contributed by atoms with E-state index in [0.29, 0.717) is 0 Å². The van der Waals surface area contributed by atoms with Crippen LogP contribution in [-0.4, -0.2) is 32.6 Å². The highest BCUT2D eigenvalue weighted by molar-refractivity contribution is 7.95. The molecule has 0 aromatic heterocycles. The van der Waals surface area contributed by atoms with Crippen molar-refractivity contribution in [1.29, 1.82) is 0 Å². The quantitative estimate of drug-likeness (QED) is 0.606. The molecule has 0 bridgehead atoms. The van der Waals surface area contributed by atoms with Gasteiger partial charge < -0.3 is 0 Å². The molecule has 7 heteroatoms. The number of sulfone groups is 1. The molecule has 1 aliphatic rings. The van der Waals surface area contributed by atoms with E-state index in [-0.39, 0.29) is 12.2 Å². The zero-order chi connectivity index (χ0) is 10.5. The van der Waals surface area contributed by atoms with E-state index in [4.69, 9.17) is 0 Å². The van der Waals surface area contributed by atoms with Crippen molar-refractivity contribution in [1.82, 2.24) is 0 Å². The van der Waals surface area contributed by atoms with E-state index in [2.05, 4.69) is 0 Å². The van der Waals surface area contributed by atoms with Crippen LogP contribution >= 0.6 is 0 Å². The minimum atomic E-state index is -4.76. The van der Waals surface area contributed by atoms with Crippen LogP contribution < -0.4 is 0 Å². The minimum Gasteiger partial charge on any atom is -0.228 e. The zero-order valence-corrected chi connectivity index (χ0v) is 8.95. The molecule has 0 amide bonds. The van der Waals surface area contributed by atoms with Crippen LogP contribution in [0, 0.1) is 0 Å². The van der Waals surface area contributed by atoms with E-state index in [1.807, 2.05) is 0 Å². The summed E-state index contributed by atoms with van der Waals surface area (Å²) in [6, 6.07) is 0. The molecule has 1 saturated heterocycles. The van der Waals surface area contributed by atoms with Gasteiger partial charge in [-0.15, -0.1) is 3.89 Å². The molecule has 78 valence electrons. The molecule has 0 aromatic rings. The minimum absolute atomic E-state index is 0.145. The van der Waals surface area contributed by atoms with Gasteiger partial charge in [-0.1, -0.05) is 0 Å². The predicted molar refractivity (Wildman–Crippen MR) is 46.3 cm³/mol. The van der Waals surface area contributed by atoms with Gasteiger partial charge in [-0.2, -0.15) is 8.42 Å². The van der Waals surface area contributed by atoms with Crippen LogP contribution in [0.2, 0.25) is 0 Å². The molecule has 1 heterocycles. The fourth-order valence-corrected chi connectivity index (χ4v) is 5.15. The first-order chi connectivity index (χ1) is 5.59. The Morgan fingerprint density at radius 1 is 1.38 bits per heavy atom. The van der Waals surface area contributed by atoms with Gasteiger partial charge >= 0.3 is 10.2 Å². The maximum absolute atomic E-state index is 12.6. The van der Waals surface area contributed by atoms with Crippen molar-refractivity contribution >= 4 is 20.1 Å². The summed E-state index contributed by atoms with van der Waals surface area (Å²) in [5.74, 6) is -0.256. The smallest absolute Gasteiger partial charge is 0.228 e. The van der Waals surface area contributed by atoms with Gasteiger partial charge in [0.05, 0.1) is 10.5 Å². The topological polar surface area (TPSA) is 68.3 Å². The molecule has 0 N–H and O–H groups in total. The van der Waals surface area contributed by atoms with Crippen molar-refractivity contribution in [2.45, 2.75) is 30.3 Å². The van der Waals surface area contributed by atoms with Crippen molar-refractivity contribution in [3.63, 3.8) is 0 Å². The molecule has 0 spiro atoms. The number of rotatable bonds is 1. The molecule has 1 rings (SSSR count). The van der Waals surface area contributed by atoms with Gasteiger partial charge in [0.25, 0.3) is 0 Å². The highest BCUT2D eigenvalue weighted by Gasteiger charge is 2.53. The van der Waals surface area contributed by atoms with E-state index < -0.39 is 30.1 Å². The van der Waals surface area contributed by atoms with Gasteiger partial charge in [-0.05, 0) is 20.3 Å². The highest BCUT2D eigenvalue weighted by Crippen LogP contribution is 2.36. The standard InChI is InChI=1S/C6H11FO4S2/c1-6(2)5(13(7,10)11)3-4-12(6,8)9/h5H,3-4H2,1-2H3. The summed E-state index contributed by atoms with van der Waals surface area (Å²) < 4.78 is 55.0. The van der Waals surface area contributed by atoms with Crippen LogP contribution in [0.5, 0.6) is 0 Å². The van der Waals surface area contributed by atoms with Crippen molar-refractivity contribution in [3.05, 3.63) is 0 Å². The van der Waals surface area contributed by atoms with Crippen molar-refractivity contribution in [2.75, 3.05) is 5.75 Å². The average molecular weight is 230 g/mol. The summed E-state index contributed by atoms with van der Waals surface area (Å²) in [5.41, 5.74) is 0. The van der Waals surface area contributed by atoms with Crippen LogP contribution in [0.15, 0.2) is 0 Å². The third kappa shape index (κ3) is 1.59. The Balaban J connectivity index is 3.25. The SMILES string of the molecule is CC1(C)C(S(=O)(=O)F)CCS1(=O)=O. The zero-order valence-electron chi connectivity index (χ0n) is 7.32. The molecular formula is C6H11FO4S2. The maximum Gasteiger partial charge on any atom is 0.306 e. The second-order valence-electron chi connectivity index (χ2n) is 3.68. The van der Waals surface area contributed by atoms with E-state index in [1.54, 1.807) is 0 Å². The fourth-order valence-electron chi connectivity index (χ4n) is 1.55. The van der Waals surface area contributed by atoms with Gasteiger partial charge in [-0.25, -0.2) is 8.42 Å². The van der Waals surface area contributed by atoms with Gasteiger partial charge in [0.1, 0.15) is 5.25 Å². The summed E-state index contributed by atoms with van der Waals surface area (Å²) in [6.07, 6.45) is -0.145. The fraction of sp³-hybridized carbons (Fsp3) is 1.00. The lowest BCUT2D eigenvalue weighted by Crippen LogP contribution is -2.40. The Kier molecular flexibility index (Phi) is 2.23. The van der Waals surface area contributed by atoms with Gasteiger partial charge in [-0.3, -0.25) is 0 Å². The lowest BCUT2D eigenvalue weighted by Gasteiger charge is -2.21. The molecule has 0 aliphatic carbocycles. The Morgan fingerprint density at radius 2 is 1.85 bits per heavy atom. The molecule has 1 aliphatic heterocycles. The van der Waals surface area contributed by atoms with Gasteiger partial charge in [0.2, 0.25) is 0 Å². The number of hydrogen-bond acceptors (Lipinski definition) is 4. The third-order valence-electron chi connectivity index (χ3n) is 2.57. The molecule has 1 atom stereocenters. The normalized spacial score (nSPS) is 31.8. The molecular weight excluding hydrogens is 219 g/mol. The largest absolute Gasteiger partial charge is 0.306 e. The molecule has 4 nitrogen and oxygen atoms in total. The molecule has 0 aromatic carbocycles. The Labute approximate surface area is 77.3 Å². The number of halogens is 1. The first kappa shape index (κ1) is 10.9. The Morgan fingerprint density at radius 3 is 2.00 bits per heavy atom. The predicted octanol–water partition coefficient (Wildman–Crippen LogP) is 0.251. The molecule has 1 unspecified atom stereocenters. The first-order valence-corrected chi connectivity index (χ1v) is 6.85. The Bertz CT molecular complexity index is 406. The Hall–Kier alpha value is -0.170. The lowest BCUT2D eigenvalue weighted by molar-refractivity contribution is 0.502. The van der Waals surface area contributed by atoms with Crippen LogP contribution in [0.3, 0.4) is 0 Å². The lowest BCUT2D eigenvalue weighted by atomic mass is 10.1. The summed E-state index contributed by atoms with van der Waals surface area (Å²) in [4.78, 5) is 0. The monoisotopic (exact) mass is 230 g/mol. The van der Waals surface area contributed by atoms with Crippen LogP contribution in [0.1, 0.15) is 20.3 Å². The summed E-state index contributed by atoms with van der Waals surface area (Å²) in [6.45, 7) is 2.49. The highest BCUT2D eigenvalue weighted by atomic mass is 32.3. The average Bonchev–Trinajstić information content (AvgIpc) is 2.00. The van der Waals surface area contributed by atoms with Crippen molar-refractivity contribution in [3.8, 4) is 0 Å². The van der Waals surface area contributed by atoms with E-state index in [9.17, 15) is 20.7 Å². The summed E-state index contributed by atoms with van der Waals surface area (Å²) in [5, 5.41) is -1.41. The second-order valence-corrected chi connectivity index (χ2v) is 7.89. The van der Waals surface area contributed by atoms with Crippen LogP contribution in [0.4, 0.5) is 3.89 Å². The molecule has 0 saturated carbocycles. The third-order valence-corrected chi connectivity index (χ3v) is 6.88. The van der Waals surface area contributed by atoms with Crippen LogP contribution in [-0.2, 0) is 20.1 Å². The first-order valence-electron chi connectivity index (χ1n) is 3.75. The van der Waals surface area contributed by atoms with Crippen LogP contribution in [0.25, 0.3) is 0 Å². The molecule has 0 radical (unpaired) electrons. The van der Waals surface area contributed by atoms with E-state index >= 15 is 0 Å². The number of hydrogen-bond donors (Lipinski definition) is 0. The summed E-state index contributed by atoms with van der Waals surface area (Å²) >= 11 is 0. The van der Waals surface area contributed by atoms with Gasteiger partial charge in [0.15, 0.2) is 9.84 Å². The maximum atomic E-state index is 12.6. The second kappa shape index (κ2) is 2.66. The van der Waals surface area contributed by atoms with E-state index in [1.165, 1.54) is 13.8 Å². The summed E-state index contributed by atoms with van der Waals surface area (Å²) in [7, 11) is -8.24. The van der Waals surface area contributed by atoms with Crippen molar-refractivity contribution in [2.24, 2.45) is 0 Å². The molecule has 1 fully saturated rings. The van der Waals surface area contributed by atoms with Gasteiger partial charge in [0, 0.05) is 0 Å². The molecule has 13 heavy (non-hydrogen) atoms.